The SMILES string of the molecule is C[C@@H](Sc1ccc2c(c1)OCCO2)C(=O)Nc1ccccc1F. The van der Waals surface area contributed by atoms with Crippen LogP contribution in [0.2, 0.25) is 0 Å². The molecule has 120 valence electrons. The number of anilines is 1. The topological polar surface area (TPSA) is 47.6 Å². The molecule has 4 nitrogen and oxygen atoms in total. The number of fused-ring (bicyclic) bond motifs is 1. The summed E-state index contributed by atoms with van der Waals surface area (Å²) in [5.74, 6) is 0.694. The van der Waals surface area contributed by atoms with Gasteiger partial charge >= 0.3 is 0 Å². The second kappa shape index (κ2) is 6.91. The Morgan fingerprint density at radius 1 is 1.17 bits per heavy atom. The van der Waals surface area contributed by atoms with Gasteiger partial charge in [-0.3, -0.25) is 4.79 Å². The quantitative estimate of drug-likeness (QED) is 0.867. The lowest BCUT2D eigenvalue weighted by atomic mass is 10.3. The molecule has 1 N–H and O–H groups in total. The summed E-state index contributed by atoms with van der Waals surface area (Å²) < 4.78 is 24.6. The predicted molar refractivity (Wildman–Crippen MR) is 87.8 cm³/mol. The Hall–Kier alpha value is -2.21. The Morgan fingerprint density at radius 2 is 1.91 bits per heavy atom. The zero-order valence-electron chi connectivity index (χ0n) is 12.5. The number of nitrogens with one attached hydrogen (secondary N) is 1. The molecule has 3 rings (SSSR count). The first-order chi connectivity index (χ1) is 11.1. The maximum absolute atomic E-state index is 13.6. The normalized spacial score (nSPS) is 14.2. The average molecular weight is 333 g/mol. The standard InChI is InChI=1S/C17H16FNO3S/c1-11(17(20)19-14-5-3-2-4-13(14)18)23-12-6-7-15-16(10-12)22-9-8-21-15/h2-7,10-11H,8-9H2,1H3,(H,19,20)/t11-/m1/s1. The average Bonchev–Trinajstić information content (AvgIpc) is 2.56. The molecule has 1 heterocycles. The molecule has 0 spiro atoms. The highest BCUT2D eigenvalue weighted by Gasteiger charge is 2.18. The van der Waals surface area contributed by atoms with E-state index >= 15 is 0 Å². The van der Waals surface area contributed by atoms with E-state index in [0.29, 0.717) is 24.7 Å². The van der Waals surface area contributed by atoms with Crippen LogP contribution in [0.5, 0.6) is 11.5 Å². The highest BCUT2D eigenvalue weighted by molar-refractivity contribution is 8.00. The Morgan fingerprint density at radius 3 is 2.70 bits per heavy atom. The van der Waals surface area contributed by atoms with E-state index in [1.807, 2.05) is 18.2 Å². The molecule has 2 aromatic rings. The molecule has 0 aliphatic carbocycles. The van der Waals surface area contributed by atoms with E-state index in [1.165, 1.54) is 23.9 Å². The van der Waals surface area contributed by atoms with Crippen molar-refractivity contribution in [3.8, 4) is 11.5 Å². The molecule has 0 saturated heterocycles. The van der Waals surface area contributed by atoms with E-state index in [9.17, 15) is 9.18 Å². The van der Waals surface area contributed by atoms with Crippen molar-refractivity contribution in [2.24, 2.45) is 0 Å². The van der Waals surface area contributed by atoms with Crippen LogP contribution < -0.4 is 14.8 Å². The van der Waals surface area contributed by atoms with Gasteiger partial charge in [-0.05, 0) is 37.3 Å². The monoisotopic (exact) mass is 333 g/mol. The maximum atomic E-state index is 13.6. The van der Waals surface area contributed by atoms with Gasteiger partial charge in [0.05, 0.1) is 10.9 Å². The number of ether oxygens (including phenoxy) is 2. The highest BCUT2D eigenvalue weighted by atomic mass is 32.2. The number of benzene rings is 2. The maximum Gasteiger partial charge on any atom is 0.237 e. The van der Waals surface area contributed by atoms with Gasteiger partial charge in [-0.2, -0.15) is 0 Å². The predicted octanol–water partition coefficient (Wildman–Crippen LogP) is 3.72. The van der Waals surface area contributed by atoms with Crippen LogP contribution in [0.1, 0.15) is 6.92 Å². The van der Waals surface area contributed by atoms with Gasteiger partial charge < -0.3 is 14.8 Å². The van der Waals surface area contributed by atoms with E-state index in [1.54, 1.807) is 19.1 Å². The minimum atomic E-state index is -0.447. The van der Waals surface area contributed by atoms with Gasteiger partial charge in [0.2, 0.25) is 5.91 Å². The van der Waals surface area contributed by atoms with Gasteiger partial charge in [-0.15, -0.1) is 11.8 Å². The summed E-state index contributed by atoms with van der Waals surface area (Å²) in [5, 5.41) is 2.22. The van der Waals surface area contributed by atoms with E-state index in [-0.39, 0.29) is 16.8 Å². The third kappa shape index (κ3) is 3.76. The minimum Gasteiger partial charge on any atom is -0.486 e. The van der Waals surface area contributed by atoms with Crippen molar-refractivity contribution < 1.29 is 18.7 Å². The summed E-state index contributed by atoms with van der Waals surface area (Å²) >= 11 is 1.38. The number of hydrogen-bond donors (Lipinski definition) is 1. The first-order valence-electron chi connectivity index (χ1n) is 7.25. The molecule has 1 amide bonds. The van der Waals surface area contributed by atoms with Gasteiger partial charge in [0.1, 0.15) is 19.0 Å². The zero-order chi connectivity index (χ0) is 16.2. The highest BCUT2D eigenvalue weighted by Crippen LogP contribution is 2.35. The number of thioether (sulfide) groups is 1. The lowest BCUT2D eigenvalue weighted by Crippen LogP contribution is -2.23. The van der Waals surface area contributed by atoms with E-state index in [2.05, 4.69) is 5.32 Å². The van der Waals surface area contributed by atoms with Crippen LogP contribution >= 0.6 is 11.8 Å². The van der Waals surface area contributed by atoms with Crippen LogP contribution in [0.25, 0.3) is 0 Å². The first-order valence-corrected chi connectivity index (χ1v) is 8.13. The summed E-state index contributed by atoms with van der Waals surface area (Å²) in [7, 11) is 0. The van der Waals surface area contributed by atoms with E-state index in [4.69, 9.17) is 9.47 Å². The number of carbonyl (C=O) groups excluding carboxylic acids is 1. The van der Waals surface area contributed by atoms with Crippen molar-refractivity contribution >= 4 is 23.4 Å². The fourth-order valence-electron chi connectivity index (χ4n) is 2.15. The van der Waals surface area contributed by atoms with E-state index in [0.717, 1.165) is 4.90 Å². The van der Waals surface area contributed by atoms with Crippen LogP contribution in [0.3, 0.4) is 0 Å². The van der Waals surface area contributed by atoms with Crippen molar-refractivity contribution in [1.82, 2.24) is 0 Å². The molecular weight excluding hydrogens is 317 g/mol. The minimum absolute atomic E-state index is 0.187. The van der Waals surface area contributed by atoms with Crippen molar-refractivity contribution in [3.63, 3.8) is 0 Å². The lowest BCUT2D eigenvalue weighted by Gasteiger charge is -2.19. The third-order valence-electron chi connectivity index (χ3n) is 3.33. The summed E-state index contributed by atoms with van der Waals surface area (Å²) in [6.07, 6.45) is 0. The lowest BCUT2D eigenvalue weighted by molar-refractivity contribution is -0.115. The van der Waals surface area contributed by atoms with Crippen molar-refractivity contribution in [2.75, 3.05) is 18.5 Å². The van der Waals surface area contributed by atoms with Crippen molar-refractivity contribution in [3.05, 3.63) is 48.3 Å². The fourth-order valence-corrected chi connectivity index (χ4v) is 3.05. The van der Waals surface area contributed by atoms with Crippen LogP contribution in [0.15, 0.2) is 47.4 Å². The molecule has 0 aromatic heterocycles. The van der Waals surface area contributed by atoms with Gasteiger partial charge in [0.15, 0.2) is 11.5 Å². The Bertz CT molecular complexity index is 723. The van der Waals surface area contributed by atoms with Crippen LogP contribution in [-0.4, -0.2) is 24.4 Å². The number of para-hydroxylation sites is 1. The van der Waals surface area contributed by atoms with Crippen LogP contribution in [-0.2, 0) is 4.79 Å². The number of hydrogen-bond acceptors (Lipinski definition) is 4. The molecule has 1 aliphatic rings. The summed E-state index contributed by atoms with van der Waals surface area (Å²) in [6, 6.07) is 11.7. The van der Waals surface area contributed by atoms with Gasteiger partial charge in [-0.1, -0.05) is 12.1 Å². The summed E-state index contributed by atoms with van der Waals surface area (Å²) in [4.78, 5) is 13.1. The van der Waals surface area contributed by atoms with Gasteiger partial charge in [0, 0.05) is 4.90 Å². The molecule has 0 unspecified atom stereocenters. The number of halogens is 1. The molecular formula is C17H16FNO3S. The van der Waals surface area contributed by atoms with Crippen molar-refractivity contribution in [2.45, 2.75) is 17.1 Å². The van der Waals surface area contributed by atoms with Crippen molar-refractivity contribution in [1.29, 1.82) is 0 Å². The molecule has 1 atom stereocenters. The number of amides is 1. The Kier molecular flexibility index (Phi) is 4.71. The first kappa shape index (κ1) is 15.7. The molecule has 2 aromatic carbocycles. The molecule has 1 aliphatic heterocycles. The largest absolute Gasteiger partial charge is 0.486 e. The Labute approximate surface area is 138 Å². The molecule has 0 saturated carbocycles. The molecule has 0 fully saturated rings. The summed E-state index contributed by atoms with van der Waals surface area (Å²) in [5.41, 5.74) is 0.187. The zero-order valence-corrected chi connectivity index (χ0v) is 13.4. The van der Waals surface area contributed by atoms with Gasteiger partial charge in [0.25, 0.3) is 0 Å². The molecule has 0 radical (unpaired) electrons. The molecule has 0 bridgehead atoms. The number of carbonyl (C=O) groups is 1. The Balaban J connectivity index is 1.65. The van der Waals surface area contributed by atoms with E-state index < -0.39 is 5.82 Å². The molecule has 6 heteroatoms. The smallest absolute Gasteiger partial charge is 0.237 e. The van der Waals surface area contributed by atoms with Crippen LogP contribution in [0.4, 0.5) is 10.1 Å². The third-order valence-corrected chi connectivity index (χ3v) is 4.42. The fraction of sp³-hybridized carbons (Fsp3) is 0.235. The number of rotatable bonds is 4. The molecule has 23 heavy (non-hydrogen) atoms. The second-order valence-electron chi connectivity index (χ2n) is 5.03. The second-order valence-corrected chi connectivity index (χ2v) is 6.45. The van der Waals surface area contributed by atoms with Gasteiger partial charge in [-0.25, -0.2) is 4.39 Å². The van der Waals surface area contributed by atoms with Crippen LogP contribution in [0, 0.1) is 5.82 Å². The summed E-state index contributed by atoms with van der Waals surface area (Å²) in [6.45, 7) is 2.84.